The fourth-order valence-corrected chi connectivity index (χ4v) is 3.57. The van der Waals surface area contributed by atoms with E-state index in [1.54, 1.807) is 7.11 Å². The molecule has 2 N–H and O–H groups in total. The molecule has 2 heteroatoms. The third kappa shape index (κ3) is 3.35. The number of nitrogens with two attached hydrogens (primary N) is 1. The van der Waals surface area contributed by atoms with E-state index in [0.717, 1.165) is 17.6 Å². The Morgan fingerprint density at radius 3 is 2.20 bits per heavy atom. The molecule has 1 aromatic carbocycles. The molecule has 1 aromatic rings. The first kappa shape index (κ1) is 15.4. The van der Waals surface area contributed by atoms with Crippen LogP contribution in [0.2, 0.25) is 0 Å². The van der Waals surface area contributed by atoms with Gasteiger partial charge in [-0.25, -0.2) is 0 Å². The standard InChI is InChI=1S/C18H29NO/c1-12(2)14-5-7-15(8-6-14)18(19)17-10-9-16(20-4)11-13(17)3/h9-12,14-15,18H,5-8,19H2,1-4H3. The predicted octanol–water partition coefficient (Wildman–Crippen LogP) is 4.47. The summed E-state index contributed by atoms with van der Waals surface area (Å²) in [6.07, 6.45) is 5.22. The molecule has 0 aromatic heterocycles. The summed E-state index contributed by atoms with van der Waals surface area (Å²) in [5, 5.41) is 0. The lowest BCUT2D eigenvalue weighted by atomic mass is 9.73. The van der Waals surface area contributed by atoms with Gasteiger partial charge in [-0.3, -0.25) is 0 Å². The van der Waals surface area contributed by atoms with Gasteiger partial charge in [-0.2, -0.15) is 0 Å². The minimum atomic E-state index is 0.175. The molecule has 1 fully saturated rings. The van der Waals surface area contributed by atoms with Gasteiger partial charge in [-0.15, -0.1) is 0 Å². The third-order valence-corrected chi connectivity index (χ3v) is 5.10. The molecular formula is C18H29NO. The number of hydrogen-bond donors (Lipinski definition) is 1. The Morgan fingerprint density at radius 2 is 1.70 bits per heavy atom. The summed E-state index contributed by atoms with van der Waals surface area (Å²) in [5.41, 5.74) is 9.09. The SMILES string of the molecule is COc1ccc(C(N)C2CCC(C(C)C)CC2)c(C)c1. The van der Waals surface area contributed by atoms with Crippen LogP contribution in [-0.2, 0) is 0 Å². The summed E-state index contributed by atoms with van der Waals surface area (Å²) >= 11 is 0. The van der Waals surface area contributed by atoms with Crippen LogP contribution >= 0.6 is 0 Å². The van der Waals surface area contributed by atoms with Gasteiger partial charge in [0.2, 0.25) is 0 Å². The van der Waals surface area contributed by atoms with Gasteiger partial charge in [0.1, 0.15) is 5.75 Å². The molecule has 0 saturated heterocycles. The van der Waals surface area contributed by atoms with Crippen molar-refractivity contribution in [3.05, 3.63) is 29.3 Å². The predicted molar refractivity (Wildman–Crippen MR) is 84.9 cm³/mol. The van der Waals surface area contributed by atoms with Crippen LogP contribution in [-0.4, -0.2) is 7.11 Å². The maximum Gasteiger partial charge on any atom is 0.119 e. The molecule has 0 heterocycles. The third-order valence-electron chi connectivity index (χ3n) is 5.10. The average molecular weight is 275 g/mol. The molecule has 1 aliphatic rings. The topological polar surface area (TPSA) is 35.2 Å². The summed E-state index contributed by atoms with van der Waals surface area (Å²) in [6.45, 7) is 6.83. The number of aryl methyl sites for hydroxylation is 1. The normalized spacial score (nSPS) is 24.7. The van der Waals surface area contributed by atoms with Crippen LogP contribution < -0.4 is 10.5 Å². The molecular weight excluding hydrogens is 246 g/mol. The van der Waals surface area contributed by atoms with E-state index in [4.69, 9.17) is 10.5 Å². The van der Waals surface area contributed by atoms with E-state index in [1.165, 1.54) is 36.8 Å². The highest BCUT2D eigenvalue weighted by Gasteiger charge is 2.28. The number of methoxy groups -OCH3 is 1. The molecule has 0 amide bonds. The van der Waals surface area contributed by atoms with Gasteiger partial charge in [-0.1, -0.05) is 19.9 Å². The van der Waals surface area contributed by atoms with Crippen molar-refractivity contribution in [2.75, 3.05) is 7.11 Å². The monoisotopic (exact) mass is 275 g/mol. The van der Waals surface area contributed by atoms with Gasteiger partial charge < -0.3 is 10.5 Å². The Hall–Kier alpha value is -1.02. The fraction of sp³-hybridized carbons (Fsp3) is 0.667. The second-order valence-corrected chi connectivity index (χ2v) is 6.67. The van der Waals surface area contributed by atoms with Crippen molar-refractivity contribution in [2.45, 2.75) is 52.5 Å². The first-order chi connectivity index (χ1) is 9.52. The van der Waals surface area contributed by atoms with Crippen LogP contribution in [0.5, 0.6) is 5.75 Å². The summed E-state index contributed by atoms with van der Waals surface area (Å²) < 4.78 is 5.27. The number of ether oxygens (including phenoxy) is 1. The quantitative estimate of drug-likeness (QED) is 0.880. The van der Waals surface area contributed by atoms with Crippen LogP contribution in [0.1, 0.15) is 56.7 Å². The molecule has 1 unspecified atom stereocenters. The van der Waals surface area contributed by atoms with Crippen molar-refractivity contribution in [3.8, 4) is 5.75 Å². The number of benzene rings is 1. The molecule has 2 rings (SSSR count). The number of hydrogen-bond acceptors (Lipinski definition) is 2. The zero-order valence-corrected chi connectivity index (χ0v) is 13.4. The van der Waals surface area contributed by atoms with E-state index in [0.29, 0.717) is 5.92 Å². The van der Waals surface area contributed by atoms with Gasteiger partial charge in [0.15, 0.2) is 0 Å². The lowest BCUT2D eigenvalue weighted by Gasteiger charge is -2.34. The largest absolute Gasteiger partial charge is 0.497 e. The van der Waals surface area contributed by atoms with Gasteiger partial charge in [0, 0.05) is 6.04 Å². The summed E-state index contributed by atoms with van der Waals surface area (Å²) in [4.78, 5) is 0. The van der Waals surface area contributed by atoms with Crippen molar-refractivity contribution in [3.63, 3.8) is 0 Å². The summed E-state index contributed by atoms with van der Waals surface area (Å²) in [5.74, 6) is 3.27. The van der Waals surface area contributed by atoms with Gasteiger partial charge >= 0.3 is 0 Å². The van der Waals surface area contributed by atoms with E-state index in [-0.39, 0.29) is 6.04 Å². The molecule has 20 heavy (non-hydrogen) atoms. The van der Waals surface area contributed by atoms with E-state index in [1.807, 2.05) is 6.07 Å². The van der Waals surface area contributed by atoms with Crippen molar-refractivity contribution in [1.82, 2.24) is 0 Å². The second-order valence-electron chi connectivity index (χ2n) is 6.67. The van der Waals surface area contributed by atoms with Crippen molar-refractivity contribution in [1.29, 1.82) is 0 Å². The van der Waals surface area contributed by atoms with E-state index in [2.05, 4.69) is 32.9 Å². The van der Waals surface area contributed by atoms with Gasteiger partial charge in [0.05, 0.1) is 7.11 Å². The molecule has 1 saturated carbocycles. The highest BCUT2D eigenvalue weighted by atomic mass is 16.5. The van der Waals surface area contributed by atoms with Crippen LogP contribution in [0.3, 0.4) is 0 Å². The van der Waals surface area contributed by atoms with Gasteiger partial charge in [0.25, 0.3) is 0 Å². The first-order valence-corrected chi connectivity index (χ1v) is 7.93. The van der Waals surface area contributed by atoms with Crippen molar-refractivity contribution in [2.24, 2.45) is 23.5 Å². The smallest absolute Gasteiger partial charge is 0.119 e. The van der Waals surface area contributed by atoms with E-state index in [9.17, 15) is 0 Å². The summed E-state index contributed by atoms with van der Waals surface area (Å²) in [6, 6.07) is 6.44. The van der Waals surface area contributed by atoms with Crippen LogP contribution in [0.25, 0.3) is 0 Å². The minimum absolute atomic E-state index is 0.175. The minimum Gasteiger partial charge on any atom is -0.497 e. The highest BCUT2D eigenvalue weighted by Crippen LogP contribution is 2.39. The zero-order valence-electron chi connectivity index (χ0n) is 13.4. The first-order valence-electron chi connectivity index (χ1n) is 7.93. The van der Waals surface area contributed by atoms with E-state index < -0.39 is 0 Å². The highest BCUT2D eigenvalue weighted by molar-refractivity contribution is 5.36. The van der Waals surface area contributed by atoms with Crippen LogP contribution in [0, 0.1) is 24.7 Å². The Morgan fingerprint density at radius 1 is 1.10 bits per heavy atom. The van der Waals surface area contributed by atoms with Crippen molar-refractivity contribution < 1.29 is 4.74 Å². The Kier molecular flexibility index (Phi) is 5.09. The average Bonchev–Trinajstić information content (AvgIpc) is 2.46. The maximum atomic E-state index is 6.54. The number of rotatable bonds is 4. The molecule has 2 nitrogen and oxygen atoms in total. The molecule has 0 radical (unpaired) electrons. The molecule has 0 spiro atoms. The fourth-order valence-electron chi connectivity index (χ4n) is 3.57. The molecule has 0 aliphatic heterocycles. The summed E-state index contributed by atoms with van der Waals surface area (Å²) in [7, 11) is 1.71. The Bertz CT molecular complexity index is 433. The molecule has 0 bridgehead atoms. The van der Waals surface area contributed by atoms with E-state index >= 15 is 0 Å². The van der Waals surface area contributed by atoms with Crippen LogP contribution in [0.15, 0.2) is 18.2 Å². The van der Waals surface area contributed by atoms with Crippen molar-refractivity contribution >= 4 is 0 Å². The lowest BCUT2D eigenvalue weighted by molar-refractivity contribution is 0.203. The lowest BCUT2D eigenvalue weighted by Crippen LogP contribution is -2.28. The maximum absolute atomic E-state index is 6.54. The zero-order chi connectivity index (χ0) is 14.7. The Balaban J connectivity index is 2.03. The molecule has 1 atom stereocenters. The Labute approximate surface area is 123 Å². The molecule has 112 valence electrons. The van der Waals surface area contributed by atoms with Gasteiger partial charge in [-0.05, 0) is 73.6 Å². The molecule has 1 aliphatic carbocycles. The second kappa shape index (κ2) is 6.62. The van der Waals surface area contributed by atoms with Crippen LogP contribution in [0.4, 0.5) is 0 Å².